The second kappa shape index (κ2) is 6.62. The molecule has 0 radical (unpaired) electrons. The Kier molecular flexibility index (Phi) is 4.86. The van der Waals surface area contributed by atoms with Crippen LogP contribution in [0.4, 0.5) is 0 Å². The van der Waals surface area contributed by atoms with Crippen LogP contribution in [0.3, 0.4) is 0 Å². The highest BCUT2D eigenvalue weighted by molar-refractivity contribution is 9.08. The summed E-state index contributed by atoms with van der Waals surface area (Å²) in [6.07, 6.45) is 0. The van der Waals surface area contributed by atoms with Crippen molar-refractivity contribution in [1.29, 1.82) is 0 Å². The Labute approximate surface area is 122 Å². The fraction of sp³-hybridized carbons (Fsp3) is 0.250. The van der Waals surface area contributed by atoms with Gasteiger partial charge in [-0.2, -0.15) is 0 Å². The van der Waals surface area contributed by atoms with Crippen molar-refractivity contribution in [2.45, 2.75) is 18.9 Å². The smallest absolute Gasteiger partial charge is 0.127 e. The zero-order valence-electron chi connectivity index (χ0n) is 11.2. The molecule has 0 amide bonds. The summed E-state index contributed by atoms with van der Waals surface area (Å²) in [6, 6.07) is 14.1. The summed E-state index contributed by atoms with van der Waals surface area (Å²) in [5, 5.41) is 0.764. The van der Waals surface area contributed by atoms with Crippen molar-refractivity contribution in [3.05, 3.63) is 59.2 Å². The van der Waals surface area contributed by atoms with Crippen molar-refractivity contribution in [3.63, 3.8) is 0 Å². The molecule has 0 fully saturated rings. The standard InChI is InChI=1S/C16H17BrO2/c1-12-5-3-4-6-14(12)11-19-16-9-15(18-2)8-7-13(16)10-17/h3-9H,10-11H2,1-2H3. The Balaban J connectivity index is 2.16. The third-order valence-electron chi connectivity index (χ3n) is 3.06. The van der Waals surface area contributed by atoms with Gasteiger partial charge in [-0.3, -0.25) is 0 Å². The molecule has 3 heteroatoms. The van der Waals surface area contributed by atoms with Crippen molar-refractivity contribution in [3.8, 4) is 11.5 Å². The van der Waals surface area contributed by atoms with Crippen LogP contribution in [0.5, 0.6) is 11.5 Å². The third kappa shape index (κ3) is 3.51. The number of halogens is 1. The van der Waals surface area contributed by atoms with E-state index in [-0.39, 0.29) is 0 Å². The van der Waals surface area contributed by atoms with Gasteiger partial charge < -0.3 is 9.47 Å². The Hall–Kier alpha value is -1.48. The van der Waals surface area contributed by atoms with E-state index in [0.29, 0.717) is 6.61 Å². The molecule has 0 N–H and O–H groups in total. The molecular formula is C16H17BrO2. The Morgan fingerprint density at radius 2 is 1.84 bits per heavy atom. The molecule has 0 unspecified atom stereocenters. The first-order valence-electron chi connectivity index (χ1n) is 6.14. The number of hydrogen-bond donors (Lipinski definition) is 0. The number of hydrogen-bond acceptors (Lipinski definition) is 2. The SMILES string of the molecule is COc1ccc(CBr)c(OCc2ccccc2C)c1. The molecule has 2 aromatic carbocycles. The van der Waals surface area contributed by atoms with Gasteiger partial charge in [-0.15, -0.1) is 0 Å². The molecule has 19 heavy (non-hydrogen) atoms. The first-order chi connectivity index (χ1) is 9.24. The molecule has 2 aromatic rings. The monoisotopic (exact) mass is 320 g/mol. The van der Waals surface area contributed by atoms with E-state index in [1.54, 1.807) is 7.11 Å². The molecule has 0 saturated heterocycles. The van der Waals surface area contributed by atoms with E-state index in [1.165, 1.54) is 11.1 Å². The van der Waals surface area contributed by atoms with Gasteiger partial charge in [-0.25, -0.2) is 0 Å². The van der Waals surface area contributed by atoms with Crippen LogP contribution in [0.25, 0.3) is 0 Å². The maximum atomic E-state index is 5.93. The predicted octanol–water partition coefficient (Wildman–Crippen LogP) is 4.48. The second-order valence-corrected chi connectivity index (χ2v) is 4.88. The molecule has 100 valence electrons. The van der Waals surface area contributed by atoms with E-state index in [0.717, 1.165) is 22.4 Å². The van der Waals surface area contributed by atoms with Crippen molar-refractivity contribution < 1.29 is 9.47 Å². The van der Waals surface area contributed by atoms with Gasteiger partial charge in [0, 0.05) is 17.0 Å². The maximum absolute atomic E-state index is 5.93. The molecule has 0 spiro atoms. The molecule has 0 bridgehead atoms. The topological polar surface area (TPSA) is 18.5 Å². The van der Waals surface area contributed by atoms with Crippen LogP contribution < -0.4 is 9.47 Å². The van der Waals surface area contributed by atoms with Crippen LogP contribution >= 0.6 is 15.9 Å². The van der Waals surface area contributed by atoms with Crippen LogP contribution in [-0.4, -0.2) is 7.11 Å². The summed E-state index contributed by atoms with van der Waals surface area (Å²) in [6.45, 7) is 2.66. The lowest BCUT2D eigenvalue weighted by atomic mass is 10.1. The normalized spacial score (nSPS) is 10.3. The van der Waals surface area contributed by atoms with Crippen molar-refractivity contribution >= 4 is 15.9 Å². The minimum Gasteiger partial charge on any atom is -0.497 e. The first-order valence-corrected chi connectivity index (χ1v) is 7.27. The molecule has 0 aliphatic carbocycles. The minimum atomic E-state index is 0.569. The summed E-state index contributed by atoms with van der Waals surface area (Å²) in [5.74, 6) is 1.67. The van der Waals surface area contributed by atoms with Gasteiger partial charge >= 0.3 is 0 Å². The average Bonchev–Trinajstić information content (AvgIpc) is 2.46. The number of methoxy groups -OCH3 is 1. The van der Waals surface area contributed by atoms with E-state index >= 15 is 0 Å². The molecule has 0 aromatic heterocycles. The largest absolute Gasteiger partial charge is 0.497 e. The lowest BCUT2D eigenvalue weighted by Crippen LogP contribution is -2.00. The molecule has 0 aliphatic heterocycles. The summed E-state index contributed by atoms with van der Waals surface area (Å²) in [4.78, 5) is 0. The van der Waals surface area contributed by atoms with Gasteiger partial charge in [0.25, 0.3) is 0 Å². The van der Waals surface area contributed by atoms with E-state index in [9.17, 15) is 0 Å². The van der Waals surface area contributed by atoms with E-state index in [2.05, 4.69) is 35.0 Å². The molecule has 0 aliphatic rings. The fourth-order valence-corrected chi connectivity index (χ4v) is 2.30. The van der Waals surface area contributed by atoms with E-state index < -0.39 is 0 Å². The van der Waals surface area contributed by atoms with E-state index in [1.807, 2.05) is 30.3 Å². The Bertz CT molecular complexity index is 552. The molecule has 2 rings (SSSR count). The van der Waals surface area contributed by atoms with Crippen LogP contribution in [0.1, 0.15) is 16.7 Å². The van der Waals surface area contributed by atoms with Crippen LogP contribution in [-0.2, 0) is 11.9 Å². The van der Waals surface area contributed by atoms with Crippen molar-refractivity contribution in [1.82, 2.24) is 0 Å². The highest BCUT2D eigenvalue weighted by Gasteiger charge is 2.06. The van der Waals surface area contributed by atoms with Gasteiger partial charge in [-0.05, 0) is 24.1 Å². The lowest BCUT2D eigenvalue weighted by Gasteiger charge is -2.13. The molecule has 0 saturated carbocycles. The highest BCUT2D eigenvalue weighted by Crippen LogP contribution is 2.27. The summed E-state index contributed by atoms with van der Waals surface area (Å²) in [7, 11) is 1.66. The van der Waals surface area contributed by atoms with Gasteiger partial charge in [0.1, 0.15) is 18.1 Å². The van der Waals surface area contributed by atoms with Crippen molar-refractivity contribution in [2.24, 2.45) is 0 Å². The minimum absolute atomic E-state index is 0.569. The molecule has 0 atom stereocenters. The Morgan fingerprint density at radius 1 is 1.05 bits per heavy atom. The van der Waals surface area contributed by atoms with E-state index in [4.69, 9.17) is 9.47 Å². The van der Waals surface area contributed by atoms with Gasteiger partial charge in [0.05, 0.1) is 7.11 Å². The number of alkyl halides is 1. The van der Waals surface area contributed by atoms with Crippen LogP contribution in [0, 0.1) is 6.92 Å². The fourth-order valence-electron chi connectivity index (χ4n) is 1.83. The maximum Gasteiger partial charge on any atom is 0.127 e. The zero-order chi connectivity index (χ0) is 13.7. The second-order valence-electron chi connectivity index (χ2n) is 4.32. The zero-order valence-corrected chi connectivity index (χ0v) is 12.7. The molecular weight excluding hydrogens is 304 g/mol. The lowest BCUT2D eigenvalue weighted by molar-refractivity contribution is 0.300. The van der Waals surface area contributed by atoms with Gasteiger partial charge in [-0.1, -0.05) is 46.3 Å². The van der Waals surface area contributed by atoms with Crippen molar-refractivity contribution in [2.75, 3.05) is 7.11 Å². The summed E-state index contributed by atoms with van der Waals surface area (Å²) >= 11 is 3.47. The van der Waals surface area contributed by atoms with Crippen LogP contribution in [0.2, 0.25) is 0 Å². The third-order valence-corrected chi connectivity index (χ3v) is 3.67. The number of ether oxygens (including phenoxy) is 2. The highest BCUT2D eigenvalue weighted by atomic mass is 79.9. The number of rotatable bonds is 5. The molecule has 0 heterocycles. The first kappa shape index (κ1) is 13.9. The number of benzene rings is 2. The summed E-state index contributed by atoms with van der Waals surface area (Å²) < 4.78 is 11.2. The Morgan fingerprint density at radius 3 is 2.53 bits per heavy atom. The van der Waals surface area contributed by atoms with Gasteiger partial charge in [0.15, 0.2) is 0 Å². The van der Waals surface area contributed by atoms with Crippen LogP contribution in [0.15, 0.2) is 42.5 Å². The predicted molar refractivity (Wildman–Crippen MR) is 81.1 cm³/mol. The average molecular weight is 321 g/mol. The quantitative estimate of drug-likeness (QED) is 0.756. The molecule has 2 nitrogen and oxygen atoms in total. The summed E-state index contributed by atoms with van der Waals surface area (Å²) in [5.41, 5.74) is 3.56. The van der Waals surface area contributed by atoms with Gasteiger partial charge in [0.2, 0.25) is 0 Å². The number of aryl methyl sites for hydroxylation is 1.